The Kier molecular flexibility index (Phi) is 6.43. The molecule has 226 valence electrons. The molecular formula is C32H32F2N8O2. The van der Waals surface area contributed by atoms with Gasteiger partial charge in [-0.2, -0.15) is 15.0 Å². The normalized spacial score (nSPS) is 26.3. The Morgan fingerprint density at radius 1 is 1.11 bits per heavy atom. The number of hydrogen-bond acceptors (Lipinski definition) is 9. The third-order valence-corrected chi connectivity index (χ3v) is 9.61. The molecule has 4 saturated heterocycles. The topological polar surface area (TPSA) is 104 Å². The highest BCUT2D eigenvalue weighted by Gasteiger charge is 2.49. The molecule has 2 aromatic heterocycles. The number of ether oxygens (including phenoxy) is 1. The lowest BCUT2D eigenvalue weighted by Crippen LogP contribution is -2.51. The number of nitrogens with zero attached hydrogens (tertiary/aromatic N) is 7. The molecule has 0 spiro atoms. The van der Waals surface area contributed by atoms with Crippen molar-refractivity contribution in [2.24, 2.45) is 0 Å². The number of hydrogen-bond donors (Lipinski definition) is 2. The Hall–Kier alpha value is -4.34. The van der Waals surface area contributed by atoms with E-state index in [-0.39, 0.29) is 22.9 Å². The lowest BCUT2D eigenvalue weighted by Gasteiger charge is -2.33. The van der Waals surface area contributed by atoms with Crippen molar-refractivity contribution in [3.63, 3.8) is 0 Å². The van der Waals surface area contributed by atoms with E-state index >= 15 is 0 Å². The number of fused-ring (bicyclic) bond motifs is 4. The highest BCUT2D eigenvalue weighted by Crippen LogP contribution is 2.40. The fraction of sp³-hybridized carbons (Fsp3) is 0.438. The Bertz CT molecular complexity index is 1800. The van der Waals surface area contributed by atoms with Crippen LogP contribution in [0.4, 0.5) is 14.7 Å². The number of phenols is 1. The van der Waals surface area contributed by atoms with Gasteiger partial charge in [0.25, 0.3) is 0 Å². The molecule has 4 aliphatic rings. The first-order chi connectivity index (χ1) is 21.4. The van der Waals surface area contributed by atoms with Crippen LogP contribution in [0.1, 0.15) is 37.7 Å². The number of piperazine rings is 1. The first kappa shape index (κ1) is 27.2. The second-order valence-electron chi connectivity index (χ2n) is 12.4. The smallest absolute Gasteiger partial charge is 0.323 e. The van der Waals surface area contributed by atoms with Gasteiger partial charge in [-0.3, -0.25) is 9.47 Å². The van der Waals surface area contributed by atoms with Crippen LogP contribution in [0, 0.1) is 18.2 Å². The molecule has 44 heavy (non-hydrogen) atoms. The van der Waals surface area contributed by atoms with E-state index in [1.54, 1.807) is 29.2 Å². The van der Waals surface area contributed by atoms with E-state index in [2.05, 4.69) is 31.0 Å². The monoisotopic (exact) mass is 598 g/mol. The number of aromatic hydroxyl groups is 1. The third kappa shape index (κ3) is 4.62. The fourth-order valence-corrected chi connectivity index (χ4v) is 7.60. The van der Waals surface area contributed by atoms with Gasteiger partial charge in [-0.15, -0.1) is 6.42 Å². The van der Waals surface area contributed by atoms with Gasteiger partial charge in [-0.05, 0) is 55.8 Å². The van der Waals surface area contributed by atoms with Gasteiger partial charge >= 0.3 is 6.01 Å². The third-order valence-electron chi connectivity index (χ3n) is 9.61. The Balaban J connectivity index is 1.17. The van der Waals surface area contributed by atoms with Crippen molar-refractivity contribution in [3.8, 4) is 41.3 Å². The molecule has 0 saturated carbocycles. The van der Waals surface area contributed by atoms with Crippen molar-refractivity contribution < 1.29 is 18.6 Å². The zero-order valence-corrected chi connectivity index (χ0v) is 24.1. The van der Waals surface area contributed by atoms with Crippen LogP contribution < -0.4 is 15.0 Å². The van der Waals surface area contributed by atoms with Crippen molar-refractivity contribution in [2.45, 2.75) is 55.9 Å². The SMILES string of the molecule is C#Cc1c(F)ccc2cc(O)cc(-c3cn(-c4nc(OC[C@@]56CCCN5CC(F)C6)nc(N5CC6CCC(C5)N6)n4)cn3)c12. The maximum Gasteiger partial charge on any atom is 0.323 e. The van der Waals surface area contributed by atoms with Crippen LogP contribution in [0.2, 0.25) is 0 Å². The minimum atomic E-state index is -0.860. The molecule has 0 amide bonds. The number of terminal acetylenes is 1. The molecule has 12 heteroatoms. The van der Waals surface area contributed by atoms with E-state index in [1.807, 2.05) is 0 Å². The van der Waals surface area contributed by atoms with Crippen LogP contribution >= 0.6 is 0 Å². The van der Waals surface area contributed by atoms with Crippen LogP contribution in [-0.2, 0) is 0 Å². The standard InChI is InChI=1S/C32H32F2N8O2/c1-2-24-26(34)7-4-19-10-23(43)11-25(28(19)24)27-16-41(18-35-27)30-37-29(40-14-21-5-6-22(15-40)36-21)38-31(39-30)44-17-32-8-3-9-42(32)13-20(33)12-32/h1,4,7,10-11,16,18,20-22,36,43H,3,5-6,8-9,12-15,17H2/t20?,21?,22?,32-/m0/s1. The number of nitrogens with one attached hydrogen (secondary N) is 1. The number of phenolic OH excluding ortho intramolecular Hbond substituents is 1. The molecule has 4 aliphatic heterocycles. The molecule has 2 aromatic carbocycles. The first-order valence-electron chi connectivity index (χ1n) is 15.1. The van der Waals surface area contributed by atoms with Gasteiger partial charge in [-0.25, -0.2) is 13.8 Å². The molecule has 2 bridgehead atoms. The second-order valence-corrected chi connectivity index (χ2v) is 12.4. The summed E-state index contributed by atoms with van der Waals surface area (Å²) in [5.74, 6) is 2.74. The molecule has 6 heterocycles. The second kappa shape index (κ2) is 10.4. The van der Waals surface area contributed by atoms with Crippen LogP contribution in [-0.4, -0.2) is 91.1 Å². The van der Waals surface area contributed by atoms with E-state index in [1.165, 1.54) is 12.1 Å². The molecule has 4 fully saturated rings. The molecule has 10 nitrogen and oxygen atoms in total. The fourth-order valence-electron chi connectivity index (χ4n) is 7.60. The summed E-state index contributed by atoms with van der Waals surface area (Å²) < 4.78 is 37.0. The highest BCUT2D eigenvalue weighted by molar-refractivity contribution is 6.01. The van der Waals surface area contributed by atoms with Gasteiger partial charge in [0.15, 0.2) is 0 Å². The average Bonchev–Trinajstić information content (AvgIpc) is 3.79. The molecule has 0 radical (unpaired) electrons. The van der Waals surface area contributed by atoms with E-state index in [0.717, 1.165) is 45.3 Å². The van der Waals surface area contributed by atoms with Crippen LogP contribution in [0.25, 0.3) is 28.0 Å². The van der Waals surface area contributed by atoms with Crippen LogP contribution in [0.3, 0.4) is 0 Å². The Morgan fingerprint density at radius 3 is 2.75 bits per heavy atom. The number of anilines is 1. The molecule has 4 atom stereocenters. The van der Waals surface area contributed by atoms with Gasteiger partial charge in [0.05, 0.1) is 16.8 Å². The zero-order valence-electron chi connectivity index (χ0n) is 24.1. The maximum atomic E-state index is 14.7. The summed E-state index contributed by atoms with van der Waals surface area (Å²) in [6.45, 7) is 3.15. The van der Waals surface area contributed by atoms with Gasteiger partial charge in [0.2, 0.25) is 11.9 Å². The number of aromatic nitrogens is 5. The Morgan fingerprint density at radius 2 is 1.93 bits per heavy atom. The van der Waals surface area contributed by atoms with E-state index in [0.29, 0.717) is 65.6 Å². The number of alkyl halides is 1. The van der Waals surface area contributed by atoms with Gasteiger partial charge < -0.3 is 20.1 Å². The predicted octanol–water partition coefficient (Wildman–Crippen LogP) is 3.60. The number of halogens is 2. The maximum absolute atomic E-state index is 14.7. The quantitative estimate of drug-likeness (QED) is 0.322. The summed E-state index contributed by atoms with van der Waals surface area (Å²) >= 11 is 0. The molecule has 3 unspecified atom stereocenters. The summed E-state index contributed by atoms with van der Waals surface area (Å²) in [5, 5.41) is 15.2. The molecule has 0 aliphatic carbocycles. The summed E-state index contributed by atoms with van der Waals surface area (Å²) in [6.07, 6.45) is 12.7. The minimum Gasteiger partial charge on any atom is -0.508 e. The molecular weight excluding hydrogens is 566 g/mol. The van der Waals surface area contributed by atoms with Gasteiger partial charge in [0.1, 0.15) is 30.7 Å². The van der Waals surface area contributed by atoms with Crippen LogP contribution in [0.15, 0.2) is 36.8 Å². The Labute approximate surface area is 253 Å². The first-order valence-corrected chi connectivity index (χ1v) is 15.1. The number of benzene rings is 2. The van der Waals surface area contributed by atoms with Gasteiger partial charge in [-0.1, -0.05) is 12.0 Å². The van der Waals surface area contributed by atoms with E-state index < -0.39 is 12.0 Å². The summed E-state index contributed by atoms with van der Waals surface area (Å²) in [6, 6.07) is 6.84. The highest BCUT2D eigenvalue weighted by atomic mass is 19.1. The van der Waals surface area contributed by atoms with Gasteiger partial charge in [0, 0.05) is 55.3 Å². The number of imidazole rings is 1. The lowest BCUT2D eigenvalue weighted by atomic mass is 9.95. The predicted molar refractivity (Wildman–Crippen MR) is 160 cm³/mol. The molecule has 2 N–H and O–H groups in total. The van der Waals surface area contributed by atoms with E-state index in [9.17, 15) is 13.9 Å². The van der Waals surface area contributed by atoms with Crippen molar-refractivity contribution in [1.29, 1.82) is 0 Å². The van der Waals surface area contributed by atoms with Crippen molar-refractivity contribution in [3.05, 3.63) is 48.2 Å². The summed E-state index contributed by atoms with van der Waals surface area (Å²) in [4.78, 5) is 23.1. The number of rotatable bonds is 6. The average molecular weight is 599 g/mol. The zero-order chi connectivity index (χ0) is 30.0. The van der Waals surface area contributed by atoms with E-state index in [4.69, 9.17) is 21.1 Å². The van der Waals surface area contributed by atoms with Crippen LogP contribution in [0.5, 0.6) is 11.8 Å². The van der Waals surface area contributed by atoms with Crippen molar-refractivity contribution in [2.75, 3.05) is 37.7 Å². The largest absolute Gasteiger partial charge is 0.508 e. The minimum absolute atomic E-state index is 0.00543. The summed E-state index contributed by atoms with van der Waals surface area (Å²) in [5.41, 5.74) is 0.695. The lowest BCUT2D eigenvalue weighted by molar-refractivity contribution is 0.107. The molecule has 4 aromatic rings. The van der Waals surface area contributed by atoms with Crippen molar-refractivity contribution in [1.82, 2.24) is 34.7 Å². The summed E-state index contributed by atoms with van der Waals surface area (Å²) in [7, 11) is 0. The molecule has 8 rings (SSSR count). The van der Waals surface area contributed by atoms with Crippen molar-refractivity contribution >= 4 is 16.7 Å².